The Labute approximate surface area is 485 Å². The Balaban J connectivity index is 4.04. The van der Waals surface area contributed by atoms with Crippen LogP contribution in [-0.2, 0) is 28.6 Å². The van der Waals surface area contributed by atoms with E-state index in [-0.39, 0.29) is 31.1 Å². The highest BCUT2D eigenvalue weighted by Gasteiger charge is 2.19. The van der Waals surface area contributed by atoms with Gasteiger partial charge in [-0.1, -0.05) is 338 Å². The smallest absolute Gasteiger partial charge is 0.306 e. The number of unbranched alkanes of at least 4 members (excludes halogenated alkanes) is 42. The largest absolute Gasteiger partial charge is 0.462 e. The highest BCUT2D eigenvalue weighted by Crippen LogP contribution is 2.18. The lowest BCUT2D eigenvalue weighted by Gasteiger charge is -2.18. The molecule has 0 amide bonds. The third-order valence-corrected chi connectivity index (χ3v) is 15.3. The molecular weight excluding hydrogens is 961 g/mol. The van der Waals surface area contributed by atoms with E-state index in [4.69, 9.17) is 14.2 Å². The summed E-state index contributed by atoms with van der Waals surface area (Å²) in [5.74, 6) is -0.904. The fraction of sp³-hybridized carbons (Fsp3) is 0.819. The van der Waals surface area contributed by atoms with Crippen LogP contribution >= 0.6 is 0 Å². The average molecular weight is 1090 g/mol. The summed E-state index contributed by atoms with van der Waals surface area (Å²) in [7, 11) is 0. The molecule has 0 aromatic rings. The van der Waals surface area contributed by atoms with Gasteiger partial charge < -0.3 is 14.2 Å². The molecule has 0 heterocycles. The molecule has 0 bridgehead atoms. The van der Waals surface area contributed by atoms with Gasteiger partial charge in [0.15, 0.2) is 6.10 Å². The maximum absolute atomic E-state index is 12.9. The molecule has 0 aliphatic heterocycles. The molecule has 0 aliphatic carbocycles. The molecule has 0 saturated heterocycles. The van der Waals surface area contributed by atoms with Crippen LogP contribution in [0.3, 0.4) is 0 Å². The standard InChI is InChI=1S/C72H130O6/c1-4-7-10-13-16-19-21-23-25-27-29-30-31-32-33-34-35-36-37-38-39-40-41-42-44-45-47-49-51-53-56-59-62-65-71(74)77-68-69(67-76-70(73)64-61-58-55-18-15-12-9-6-3)78-72(75)66-63-60-57-54-52-50-48-46-43-28-26-24-22-20-17-14-11-8-5-2/h8,11,17,20,24,26,43,46,50,52,69H,4-7,9-10,12-16,18-19,21-23,25,27-42,44-45,47-49,51,53-68H2,1-3H3/b11-8-,20-17-,26-24-,46-43-,52-50-. The second-order valence-electron chi connectivity index (χ2n) is 23.1. The van der Waals surface area contributed by atoms with Crippen molar-refractivity contribution in [2.24, 2.45) is 0 Å². The van der Waals surface area contributed by atoms with Crippen molar-refractivity contribution in [1.29, 1.82) is 0 Å². The topological polar surface area (TPSA) is 78.9 Å². The van der Waals surface area contributed by atoms with E-state index < -0.39 is 6.10 Å². The zero-order valence-corrected chi connectivity index (χ0v) is 52.2. The molecule has 0 aliphatic rings. The van der Waals surface area contributed by atoms with Gasteiger partial charge in [0, 0.05) is 19.3 Å². The van der Waals surface area contributed by atoms with Crippen LogP contribution in [0.1, 0.15) is 361 Å². The van der Waals surface area contributed by atoms with Crippen LogP contribution in [0.2, 0.25) is 0 Å². The van der Waals surface area contributed by atoms with E-state index in [9.17, 15) is 14.4 Å². The van der Waals surface area contributed by atoms with Crippen LogP contribution < -0.4 is 0 Å². The van der Waals surface area contributed by atoms with E-state index in [0.717, 1.165) is 96.3 Å². The first kappa shape index (κ1) is 75.1. The fourth-order valence-electron chi connectivity index (χ4n) is 10.2. The van der Waals surface area contributed by atoms with Crippen molar-refractivity contribution < 1.29 is 28.6 Å². The molecule has 0 spiro atoms. The second kappa shape index (κ2) is 66.6. The maximum atomic E-state index is 12.9. The molecule has 1 unspecified atom stereocenters. The number of hydrogen-bond acceptors (Lipinski definition) is 6. The van der Waals surface area contributed by atoms with E-state index in [2.05, 4.69) is 81.5 Å². The number of rotatable bonds is 63. The van der Waals surface area contributed by atoms with Crippen molar-refractivity contribution in [3.8, 4) is 0 Å². The molecule has 0 radical (unpaired) electrons. The molecule has 0 aromatic carbocycles. The lowest BCUT2D eigenvalue weighted by Crippen LogP contribution is -2.30. The molecule has 6 nitrogen and oxygen atoms in total. The average Bonchev–Trinajstić information content (AvgIpc) is 3.44. The number of hydrogen-bond donors (Lipinski definition) is 0. The molecule has 0 saturated carbocycles. The van der Waals surface area contributed by atoms with Gasteiger partial charge in [-0.2, -0.15) is 0 Å². The quantitative estimate of drug-likeness (QED) is 0.0261. The normalized spacial score (nSPS) is 12.4. The molecule has 78 heavy (non-hydrogen) atoms. The fourth-order valence-corrected chi connectivity index (χ4v) is 10.2. The Morgan fingerprint density at radius 2 is 0.500 bits per heavy atom. The van der Waals surface area contributed by atoms with Crippen LogP contribution in [-0.4, -0.2) is 37.2 Å². The first-order chi connectivity index (χ1) is 38.5. The highest BCUT2D eigenvalue weighted by molar-refractivity contribution is 5.71. The summed E-state index contributed by atoms with van der Waals surface area (Å²) in [6, 6.07) is 0. The summed E-state index contributed by atoms with van der Waals surface area (Å²) < 4.78 is 16.8. The van der Waals surface area contributed by atoms with Gasteiger partial charge in [0.05, 0.1) is 0 Å². The Morgan fingerprint density at radius 1 is 0.269 bits per heavy atom. The first-order valence-electron chi connectivity index (χ1n) is 34.3. The van der Waals surface area contributed by atoms with Crippen LogP contribution in [0.4, 0.5) is 0 Å². The number of carbonyl (C=O) groups is 3. The molecule has 0 N–H and O–H groups in total. The molecule has 454 valence electrons. The van der Waals surface area contributed by atoms with Gasteiger partial charge in [-0.25, -0.2) is 0 Å². The van der Waals surface area contributed by atoms with E-state index in [0.29, 0.717) is 19.3 Å². The Morgan fingerprint density at radius 3 is 0.782 bits per heavy atom. The molecule has 6 heteroatoms. The van der Waals surface area contributed by atoms with Gasteiger partial charge in [0.1, 0.15) is 13.2 Å². The molecule has 1 atom stereocenters. The number of carbonyl (C=O) groups excluding carboxylic acids is 3. The second-order valence-corrected chi connectivity index (χ2v) is 23.1. The van der Waals surface area contributed by atoms with Crippen molar-refractivity contribution >= 4 is 17.9 Å². The predicted octanol–water partition coefficient (Wildman–Crippen LogP) is 23.5. The minimum absolute atomic E-state index is 0.0840. The van der Waals surface area contributed by atoms with Gasteiger partial charge >= 0.3 is 17.9 Å². The van der Waals surface area contributed by atoms with Crippen molar-refractivity contribution in [2.75, 3.05) is 13.2 Å². The number of allylic oxidation sites excluding steroid dienone is 10. The Kier molecular flexibility index (Phi) is 64.2. The van der Waals surface area contributed by atoms with Crippen LogP contribution in [0.25, 0.3) is 0 Å². The summed E-state index contributed by atoms with van der Waals surface area (Å²) >= 11 is 0. The third kappa shape index (κ3) is 63.9. The lowest BCUT2D eigenvalue weighted by molar-refractivity contribution is -0.167. The number of ether oxygens (including phenoxy) is 3. The van der Waals surface area contributed by atoms with E-state index in [1.165, 1.54) is 225 Å². The van der Waals surface area contributed by atoms with Crippen molar-refractivity contribution in [1.82, 2.24) is 0 Å². The Bertz CT molecular complexity index is 1390. The van der Waals surface area contributed by atoms with Crippen molar-refractivity contribution in [3.05, 3.63) is 60.8 Å². The van der Waals surface area contributed by atoms with Crippen LogP contribution in [0, 0.1) is 0 Å². The van der Waals surface area contributed by atoms with Gasteiger partial charge in [-0.05, 0) is 64.2 Å². The number of esters is 3. The van der Waals surface area contributed by atoms with Gasteiger partial charge in [0.25, 0.3) is 0 Å². The highest BCUT2D eigenvalue weighted by atomic mass is 16.6. The van der Waals surface area contributed by atoms with Crippen LogP contribution in [0.5, 0.6) is 0 Å². The van der Waals surface area contributed by atoms with E-state index >= 15 is 0 Å². The zero-order valence-electron chi connectivity index (χ0n) is 52.2. The molecule has 0 aromatic heterocycles. The van der Waals surface area contributed by atoms with Crippen molar-refractivity contribution in [3.63, 3.8) is 0 Å². The van der Waals surface area contributed by atoms with Crippen LogP contribution in [0.15, 0.2) is 60.8 Å². The Hall–Kier alpha value is -2.89. The SMILES string of the molecule is CC/C=C\C/C=C\C/C=C\C/C=C\C/C=C\CCCCCC(=O)OC(COC(=O)CCCCCCCCCC)COC(=O)CCCCCCCCCCCCCCCCCCCCCCCCCCCCCCCCCCC. The van der Waals surface area contributed by atoms with Crippen molar-refractivity contribution in [2.45, 2.75) is 367 Å². The minimum atomic E-state index is -0.789. The van der Waals surface area contributed by atoms with E-state index in [1.807, 2.05) is 0 Å². The van der Waals surface area contributed by atoms with Gasteiger partial charge in [-0.3, -0.25) is 14.4 Å². The molecule has 0 fully saturated rings. The maximum Gasteiger partial charge on any atom is 0.306 e. The van der Waals surface area contributed by atoms with E-state index in [1.54, 1.807) is 0 Å². The summed E-state index contributed by atoms with van der Waals surface area (Å²) in [4.78, 5) is 38.1. The summed E-state index contributed by atoms with van der Waals surface area (Å²) in [5.41, 5.74) is 0. The lowest BCUT2D eigenvalue weighted by atomic mass is 10.0. The summed E-state index contributed by atoms with van der Waals surface area (Å²) in [6.45, 7) is 6.52. The molecule has 0 rings (SSSR count). The zero-order chi connectivity index (χ0) is 56.4. The summed E-state index contributed by atoms with van der Waals surface area (Å²) in [5, 5.41) is 0. The van der Waals surface area contributed by atoms with Gasteiger partial charge in [-0.15, -0.1) is 0 Å². The van der Waals surface area contributed by atoms with Gasteiger partial charge in [0.2, 0.25) is 0 Å². The molecular formula is C72H130O6. The third-order valence-electron chi connectivity index (χ3n) is 15.3. The monoisotopic (exact) mass is 1090 g/mol. The summed E-state index contributed by atoms with van der Waals surface area (Å²) in [6.07, 6.45) is 85.7. The first-order valence-corrected chi connectivity index (χ1v) is 34.3. The minimum Gasteiger partial charge on any atom is -0.462 e. The predicted molar refractivity (Wildman–Crippen MR) is 339 cm³/mol.